The standard InChI is InChI=1S/C15H23NS/c1-12(13-8-4-3-5-9-13)16-14-10-6-7-11-15(14)17-2/h3-5,8-9,12,14-16H,6-7,10-11H2,1-2H3. The fourth-order valence-corrected chi connectivity index (χ4v) is 3.67. The van der Waals surface area contributed by atoms with E-state index in [1.807, 2.05) is 11.8 Å². The summed E-state index contributed by atoms with van der Waals surface area (Å²) in [6.45, 7) is 2.28. The van der Waals surface area contributed by atoms with Crippen molar-refractivity contribution in [1.82, 2.24) is 5.32 Å². The molecule has 17 heavy (non-hydrogen) atoms. The van der Waals surface area contributed by atoms with Crippen molar-refractivity contribution in [2.75, 3.05) is 6.26 Å². The van der Waals surface area contributed by atoms with Crippen LogP contribution in [0.1, 0.15) is 44.2 Å². The van der Waals surface area contributed by atoms with Gasteiger partial charge in [-0.25, -0.2) is 0 Å². The van der Waals surface area contributed by atoms with Gasteiger partial charge in [-0.2, -0.15) is 11.8 Å². The SMILES string of the molecule is CSC1CCCCC1NC(C)c1ccccc1. The van der Waals surface area contributed by atoms with E-state index in [1.165, 1.54) is 31.2 Å². The normalized spacial score (nSPS) is 26.7. The van der Waals surface area contributed by atoms with E-state index in [-0.39, 0.29) is 0 Å². The molecule has 0 aromatic heterocycles. The Morgan fingerprint density at radius 2 is 1.88 bits per heavy atom. The molecule has 0 spiro atoms. The first-order valence-corrected chi connectivity index (χ1v) is 7.94. The number of nitrogens with one attached hydrogen (secondary N) is 1. The number of thioether (sulfide) groups is 1. The topological polar surface area (TPSA) is 12.0 Å². The second-order valence-electron chi connectivity index (χ2n) is 4.96. The molecule has 1 aromatic rings. The maximum Gasteiger partial charge on any atom is 0.0294 e. The van der Waals surface area contributed by atoms with Gasteiger partial charge in [0, 0.05) is 17.3 Å². The van der Waals surface area contributed by atoms with E-state index < -0.39 is 0 Å². The maximum atomic E-state index is 3.82. The van der Waals surface area contributed by atoms with Crippen LogP contribution in [0.5, 0.6) is 0 Å². The predicted molar refractivity (Wildman–Crippen MR) is 77.6 cm³/mol. The molecular weight excluding hydrogens is 226 g/mol. The fraction of sp³-hybridized carbons (Fsp3) is 0.600. The smallest absolute Gasteiger partial charge is 0.0294 e. The zero-order valence-electron chi connectivity index (χ0n) is 10.9. The molecular formula is C15H23NS. The molecule has 0 radical (unpaired) electrons. The van der Waals surface area contributed by atoms with Crippen LogP contribution >= 0.6 is 11.8 Å². The van der Waals surface area contributed by atoms with E-state index in [0.29, 0.717) is 12.1 Å². The van der Waals surface area contributed by atoms with E-state index in [4.69, 9.17) is 0 Å². The molecule has 1 fully saturated rings. The molecule has 1 nitrogen and oxygen atoms in total. The summed E-state index contributed by atoms with van der Waals surface area (Å²) in [6, 6.07) is 11.9. The molecule has 3 atom stereocenters. The average Bonchev–Trinajstić information content (AvgIpc) is 2.40. The first kappa shape index (κ1) is 13.0. The molecule has 1 aliphatic carbocycles. The lowest BCUT2D eigenvalue weighted by Crippen LogP contribution is -2.41. The average molecular weight is 249 g/mol. The Hall–Kier alpha value is -0.470. The van der Waals surface area contributed by atoms with Crippen LogP contribution in [0.15, 0.2) is 30.3 Å². The van der Waals surface area contributed by atoms with Gasteiger partial charge in [-0.15, -0.1) is 0 Å². The lowest BCUT2D eigenvalue weighted by atomic mass is 9.93. The minimum atomic E-state index is 0.467. The predicted octanol–water partition coefficient (Wildman–Crippen LogP) is 4.01. The van der Waals surface area contributed by atoms with Gasteiger partial charge >= 0.3 is 0 Å². The summed E-state index contributed by atoms with van der Waals surface area (Å²) in [5, 5.41) is 4.62. The molecule has 0 saturated heterocycles. The largest absolute Gasteiger partial charge is 0.306 e. The molecule has 3 unspecified atom stereocenters. The Kier molecular flexibility index (Phi) is 4.93. The molecule has 0 heterocycles. The van der Waals surface area contributed by atoms with Gasteiger partial charge in [0.1, 0.15) is 0 Å². The van der Waals surface area contributed by atoms with Gasteiger partial charge in [-0.1, -0.05) is 43.2 Å². The van der Waals surface area contributed by atoms with Crippen LogP contribution in [0.3, 0.4) is 0 Å². The summed E-state index contributed by atoms with van der Waals surface area (Å²) >= 11 is 2.03. The molecule has 0 amide bonds. The lowest BCUT2D eigenvalue weighted by Gasteiger charge is -2.33. The highest BCUT2D eigenvalue weighted by Gasteiger charge is 2.25. The third-order valence-electron chi connectivity index (χ3n) is 3.77. The lowest BCUT2D eigenvalue weighted by molar-refractivity contribution is 0.356. The van der Waals surface area contributed by atoms with Gasteiger partial charge in [0.05, 0.1) is 0 Å². The monoisotopic (exact) mass is 249 g/mol. The molecule has 1 saturated carbocycles. The molecule has 1 N–H and O–H groups in total. The van der Waals surface area contributed by atoms with Crippen molar-refractivity contribution in [2.45, 2.75) is 49.9 Å². The van der Waals surface area contributed by atoms with Gasteiger partial charge in [-0.3, -0.25) is 0 Å². The first-order chi connectivity index (χ1) is 8.31. The molecule has 2 rings (SSSR count). The Labute approximate surface area is 109 Å². The van der Waals surface area contributed by atoms with Crippen LogP contribution in [0.25, 0.3) is 0 Å². The van der Waals surface area contributed by atoms with Crippen LogP contribution < -0.4 is 5.32 Å². The van der Waals surface area contributed by atoms with Crippen molar-refractivity contribution >= 4 is 11.8 Å². The number of hydrogen-bond donors (Lipinski definition) is 1. The van der Waals surface area contributed by atoms with Crippen molar-refractivity contribution in [3.63, 3.8) is 0 Å². The van der Waals surface area contributed by atoms with E-state index >= 15 is 0 Å². The van der Waals surface area contributed by atoms with Crippen LogP contribution in [0.2, 0.25) is 0 Å². The van der Waals surface area contributed by atoms with Crippen LogP contribution in [-0.4, -0.2) is 17.5 Å². The Morgan fingerprint density at radius 1 is 1.18 bits per heavy atom. The van der Waals surface area contributed by atoms with Crippen molar-refractivity contribution in [3.8, 4) is 0 Å². The van der Waals surface area contributed by atoms with Gasteiger partial charge < -0.3 is 5.32 Å². The van der Waals surface area contributed by atoms with E-state index in [9.17, 15) is 0 Å². The zero-order valence-corrected chi connectivity index (χ0v) is 11.7. The summed E-state index contributed by atoms with van der Waals surface area (Å²) < 4.78 is 0. The number of rotatable bonds is 4. The van der Waals surface area contributed by atoms with Crippen molar-refractivity contribution in [3.05, 3.63) is 35.9 Å². The second kappa shape index (κ2) is 6.46. The van der Waals surface area contributed by atoms with Crippen molar-refractivity contribution < 1.29 is 0 Å². The molecule has 94 valence electrons. The minimum absolute atomic E-state index is 0.467. The Bertz CT molecular complexity index is 325. The van der Waals surface area contributed by atoms with E-state index in [2.05, 4.69) is 48.8 Å². The van der Waals surface area contributed by atoms with Gasteiger partial charge in [0.15, 0.2) is 0 Å². The summed E-state index contributed by atoms with van der Waals surface area (Å²) in [7, 11) is 0. The minimum Gasteiger partial charge on any atom is -0.306 e. The molecule has 0 bridgehead atoms. The van der Waals surface area contributed by atoms with E-state index in [1.54, 1.807) is 0 Å². The van der Waals surface area contributed by atoms with Gasteiger partial charge in [0.2, 0.25) is 0 Å². The Morgan fingerprint density at radius 3 is 2.59 bits per heavy atom. The first-order valence-electron chi connectivity index (χ1n) is 6.65. The summed E-state index contributed by atoms with van der Waals surface area (Å²) in [6.07, 6.45) is 7.75. The van der Waals surface area contributed by atoms with Gasteiger partial charge in [-0.05, 0) is 31.6 Å². The van der Waals surface area contributed by atoms with Crippen LogP contribution in [0.4, 0.5) is 0 Å². The molecule has 1 aromatic carbocycles. The van der Waals surface area contributed by atoms with Crippen molar-refractivity contribution in [2.24, 2.45) is 0 Å². The highest BCUT2D eigenvalue weighted by Crippen LogP contribution is 2.28. The number of hydrogen-bond acceptors (Lipinski definition) is 2. The highest BCUT2D eigenvalue weighted by atomic mass is 32.2. The number of benzene rings is 1. The highest BCUT2D eigenvalue weighted by molar-refractivity contribution is 7.99. The summed E-state index contributed by atoms with van der Waals surface area (Å²) in [5.74, 6) is 0. The van der Waals surface area contributed by atoms with Gasteiger partial charge in [0.25, 0.3) is 0 Å². The van der Waals surface area contributed by atoms with Crippen LogP contribution in [0, 0.1) is 0 Å². The quantitative estimate of drug-likeness (QED) is 0.865. The molecule has 0 aliphatic heterocycles. The zero-order chi connectivity index (χ0) is 12.1. The summed E-state index contributed by atoms with van der Waals surface area (Å²) in [4.78, 5) is 0. The maximum absolute atomic E-state index is 3.82. The van der Waals surface area contributed by atoms with Crippen molar-refractivity contribution in [1.29, 1.82) is 0 Å². The third-order valence-corrected chi connectivity index (χ3v) is 4.94. The molecule has 2 heteroatoms. The van der Waals surface area contributed by atoms with Crippen LogP contribution in [-0.2, 0) is 0 Å². The second-order valence-corrected chi connectivity index (χ2v) is 6.04. The third kappa shape index (κ3) is 3.49. The fourth-order valence-electron chi connectivity index (χ4n) is 2.73. The van der Waals surface area contributed by atoms with E-state index in [0.717, 1.165) is 5.25 Å². The summed E-state index contributed by atoms with van der Waals surface area (Å²) in [5.41, 5.74) is 1.40. The Balaban J connectivity index is 1.95. The molecule has 1 aliphatic rings.